The van der Waals surface area contributed by atoms with Crippen LogP contribution in [0, 0.1) is 23.7 Å². The van der Waals surface area contributed by atoms with Crippen LogP contribution in [-0.2, 0) is 0 Å². The van der Waals surface area contributed by atoms with E-state index in [1.54, 1.807) is 57.8 Å². The summed E-state index contributed by atoms with van der Waals surface area (Å²) in [4.78, 5) is 0. The Morgan fingerprint density at radius 2 is 0.579 bits per heavy atom. The SMILES string of the molecule is C1CCC(C2CCC[C@H](C3CCCCC3)CC2)CC1. The summed E-state index contributed by atoms with van der Waals surface area (Å²) in [6.45, 7) is 0. The van der Waals surface area contributed by atoms with Crippen molar-refractivity contribution in [1.82, 2.24) is 0 Å². The van der Waals surface area contributed by atoms with E-state index in [0.717, 1.165) is 23.7 Å². The van der Waals surface area contributed by atoms with Crippen molar-refractivity contribution >= 4 is 0 Å². The van der Waals surface area contributed by atoms with E-state index >= 15 is 0 Å². The van der Waals surface area contributed by atoms with Gasteiger partial charge >= 0.3 is 0 Å². The summed E-state index contributed by atoms with van der Waals surface area (Å²) < 4.78 is 0. The van der Waals surface area contributed by atoms with Crippen LogP contribution in [0.1, 0.15) is 96.3 Å². The standard InChI is InChI=1S/C19H34/c1-3-8-16(9-4-1)18-12-7-13-19(15-14-18)17-10-5-2-6-11-17/h16-19H,1-15H2/t18-,19?/m0/s1. The van der Waals surface area contributed by atoms with Gasteiger partial charge in [-0.25, -0.2) is 0 Å². The summed E-state index contributed by atoms with van der Waals surface area (Å²) >= 11 is 0. The summed E-state index contributed by atoms with van der Waals surface area (Å²) in [5, 5.41) is 0. The minimum atomic E-state index is 1.12. The molecule has 0 radical (unpaired) electrons. The van der Waals surface area contributed by atoms with Crippen molar-refractivity contribution in [3.05, 3.63) is 0 Å². The molecule has 0 N–H and O–H groups in total. The fraction of sp³-hybridized carbons (Fsp3) is 1.00. The highest BCUT2D eigenvalue weighted by Gasteiger charge is 2.30. The highest BCUT2D eigenvalue weighted by Crippen LogP contribution is 2.42. The summed E-state index contributed by atoms with van der Waals surface area (Å²) in [7, 11) is 0. The van der Waals surface area contributed by atoms with Crippen LogP contribution in [0.4, 0.5) is 0 Å². The second-order valence-corrected chi connectivity index (χ2v) is 7.82. The number of hydrogen-bond donors (Lipinski definition) is 0. The molecule has 3 saturated carbocycles. The Balaban J connectivity index is 1.50. The van der Waals surface area contributed by atoms with E-state index in [4.69, 9.17) is 0 Å². The van der Waals surface area contributed by atoms with Gasteiger partial charge in [-0.2, -0.15) is 0 Å². The molecule has 0 bridgehead atoms. The Morgan fingerprint density at radius 1 is 0.263 bits per heavy atom. The summed E-state index contributed by atoms with van der Waals surface area (Å²) in [6.07, 6.45) is 23.3. The van der Waals surface area contributed by atoms with Gasteiger partial charge in [0.15, 0.2) is 0 Å². The third-order valence-electron chi connectivity index (χ3n) is 6.69. The van der Waals surface area contributed by atoms with Crippen molar-refractivity contribution in [2.24, 2.45) is 23.7 Å². The molecule has 0 heterocycles. The van der Waals surface area contributed by atoms with E-state index in [-0.39, 0.29) is 0 Å². The predicted molar refractivity (Wildman–Crippen MR) is 83.2 cm³/mol. The van der Waals surface area contributed by atoms with Gasteiger partial charge in [-0.1, -0.05) is 83.5 Å². The minimum absolute atomic E-state index is 1.12. The smallest absolute Gasteiger partial charge is 0.0386 e. The Morgan fingerprint density at radius 3 is 1.00 bits per heavy atom. The van der Waals surface area contributed by atoms with Gasteiger partial charge < -0.3 is 0 Å². The third-order valence-corrected chi connectivity index (χ3v) is 6.69. The van der Waals surface area contributed by atoms with Crippen LogP contribution < -0.4 is 0 Å². The van der Waals surface area contributed by atoms with Gasteiger partial charge in [0.1, 0.15) is 0 Å². The Labute approximate surface area is 120 Å². The van der Waals surface area contributed by atoms with Gasteiger partial charge in [0.05, 0.1) is 0 Å². The fourth-order valence-corrected chi connectivity index (χ4v) is 5.51. The van der Waals surface area contributed by atoms with E-state index < -0.39 is 0 Å². The van der Waals surface area contributed by atoms with Crippen LogP contribution in [0.15, 0.2) is 0 Å². The number of hydrogen-bond acceptors (Lipinski definition) is 0. The quantitative estimate of drug-likeness (QED) is 0.509. The predicted octanol–water partition coefficient (Wildman–Crippen LogP) is 6.34. The largest absolute Gasteiger partial charge is 0.0533 e. The molecule has 19 heavy (non-hydrogen) atoms. The van der Waals surface area contributed by atoms with E-state index in [1.807, 2.05) is 0 Å². The molecule has 3 rings (SSSR count). The normalized spacial score (nSPS) is 36.0. The molecule has 3 aliphatic carbocycles. The molecular formula is C19H34. The Kier molecular flexibility index (Phi) is 5.24. The van der Waals surface area contributed by atoms with Crippen LogP contribution >= 0.6 is 0 Å². The van der Waals surface area contributed by atoms with Crippen molar-refractivity contribution in [3.8, 4) is 0 Å². The van der Waals surface area contributed by atoms with Crippen LogP contribution in [0.5, 0.6) is 0 Å². The highest BCUT2D eigenvalue weighted by atomic mass is 14.4. The highest BCUT2D eigenvalue weighted by molar-refractivity contribution is 4.81. The molecule has 0 spiro atoms. The first kappa shape index (κ1) is 14.0. The maximum Gasteiger partial charge on any atom is -0.0386 e. The topological polar surface area (TPSA) is 0 Å². The zero-order valence-electron chi connectivity index (χ0n) is 12.9. The first-order chi connectivity index (χ1) is 9.43. The van der Waals surface area contributed by atoms with Crippen molar-refractivity contribution in [1.29, 1.82) is 0 Å². The molecule has 0 heteroatoms. The van der Waals surface area contributed by atoms with E-state index in [1.165, 1.54) is 38.5 Å². The average molecular weight is 262 g/mol. The lowest BCUT2D eigenvalue weighted by atomic mass is 9.75. The fourth-order valence-electron chi connectivity index (χ4n) is 5.51. The zero-order valence-corrected chi connectivity index (χ0v) is 12.9. The molecule has 0 nitrogen and oxygen atoms in total. The average Bonchev–Trinajstić information content (AvgIpc) is 2.75. The number of rotatable bonds is 2. The molecule has 1 unspecified atom stereocenters. The molecule has 3 fully saturated rings. The molecule has 3 aliphatic rings. The monoisotopic (exact) mass is 262 g/mol. The maximum absolute atomic E-state index is 1.59. The third kappa shape index (κ3) is 3.76. The minimum Gasteiger partial charge on any atom is -0.0533 e. The summed E-state index contributed by atoms with van der Waals surface area (Å²) in [6, 6.07) is 0. The van der Waals surface area contributed by atoms with Gasteiger partial charge in [0, 0.05) is 0 Å². The van der Waals surface area contributed by atoms with Crippen molar-refractivity contribution < 1.29 is 0 Å². The van der Waals surface area contributed by atoms with Gasteiger partial charge in [0.2, 0.25) is 0 Å². The van der Waals surface area contributed by atoms with E-state index in [2.05, 4.69) is 0 Å². The Hall–Kier alpha value is 0. The molecule has 0 aromatic heterocycles. The zero-order chi connectivity index (χ0) is 12.9. The lowest BCUT2D eigenvalue weighted by molar-refractivity contribution is 0.206. The molecule has 0 saturated heterocycles. The second-order valence-electron chi connectivity index (χ2n) is 7.82. The van der Waals surface area contributed by atoms with Gasteiger partial charge in [-0.15, -0.1) is 0 Å². The van der Waals surface area contributed by atoms with Gasteiger partial charge in [-0.3, -0.25) is 0 Å². The van der Waals surface area contributed by atoms with E-state index in [9.17, 15) is 0 Å². The van der Waals surface area contributed by atoms with Crippen LogP contribution in [0.3, 0.4) is 0 Å². The van der Waals surface area contributed by atoms with E-state index in [0.29, 0.717) is 0 Å². The molecule has 110 valence electrons. The first-order valence-corrected chi connectivity index (χ1v) is 9.43. The van der Waals surface area contributed by atoms with Gasteiger partial charge in [0.25, 0.3) is 0 Å². The molecular weight excluding hydrogens is 228 g/mol. The lowest BCUT2D eigenvalue weighted by Crippen LogP contribution is -2.19. The summed E-state index contributed by atoms with van der Waals surface area (Å²) in [5.41, 5.74) is 0. The van der Waals surface area contributed by atoms with Crippen molar-refractivity contribution in [3.63, 3.8) is 0 Å². The molecule has 2 atom stereocenters. The second kappa shape index (κ2) is 7.14. The first-order valence-electron chi connectivity index (χ1n) is 9.43. The van der Waals surface area contributed by atoms with Gasteiger partial charge in [-0.05, 0) is 36.5 Å². The summed E-state index contributed by atoms with van der Waals surface area (Å²) in [5.74, 6) is 4.49. The molecule has 0 aromatic rings. The lowest BCUT2D eigenvalue weighted by Gasteiger charge is -2.31. The Bertz CT molecular complexity index is 219. The molecule has 0 aliphatic heterocycles. The molecule has 0 aromatic carbocycles. The van der Waals surface area contributed by atoms with Crippen LogP contribution in [-0.4, -0.2) is 0 Å². The van der Waals surface area contributed by atoms with Crippen LogP contribution in [0.2, 0.25) is 0 Å². The van der Waals surface area contributed by atoms with Crippen LogP contribution in [0.25, 0.3) is 0 Å². The maximum atomic E-state index is 1.59. The van der Waals surface area contributed by atoms with Crippen molar-refractivity contribution in [2.75, 3.05) is 0 Å². The molecule has 0 amide bonds. The van der Waals surface area contributed by atoms with Crippen molar-refractivity contribution in [2.45, 2.75) is 96.3 Å².